The molecule has 0 aliphatic rings. The Hall–Kier alpha value is -4.77. The Morgan fingerprint density at radius 1 is 0.903 bits per heavy atom. The molecule has 0 aliphatic carbocycles. The fourth-order valence-corrected chi connectivity index (χ4v) is 3.12. The number of anilines is 3. The molecule has 0 heterocycles. The van der Waals surface area contributed by atoms with Crippen LogP contribution < -0.4 is 11.1 Å². The van der Waals surface area contributed by atoms with Crippen LogP contribution in [0.2, 0.25) is 0 Å². The largest absolute Gasteiger partial charge is 0.399 e. The van der Waals surface area contributed by atoms with Gasteiger partial charge in [0.2, 0.25) is 0 Å². The van der Waals surface area contributed by atoms with Crippen LogP contribution in [0.15, 0.2) is 89.1 Å². The van der Waals surface area contributed by atoms with E-state index in [1.54, 1.807) is 0 Å². The van der Waals surface area contributed by atoms with Gasteiger partial charge in [0.1, 0.15) is 11.8 Å². The lowest BCUT2D eigenvalue weighted by Crippen LogP contribution is -1.92. The third-order valence-electron chi connectivity index (χ3n) is 4.67. The van der Waals surface area contributed by atoms with Crippen LogP contribution in [0.25, 0.3) is 10.8 Å². The highest BCUT2D eigenvalue weighted by atomic mass is 16.6. The van der Waals surface area contributed by atoms with Gasteiger partial charge in [0.15, 0.2) is 0 Å². The van der Waals surface area contributed by atoms with Crippen molar-refractivity contribution in [1.82, 2.24) is 0 Å². The van der Waals surface area contributed by atoms with Crippen molar-refractivity contribution in [3.8, 4) is 6.07 Å². The Bertz CT molecular complexity index is 1360. The molecule has 0 amide bonds. The molecule has 3 N–H and O–H groups in total. The van der Waals surface area contributed by atoms with Crippen LogP contribution in [0.5, 0.6) is 0 Å². The van der Waals surface area contributed by atoms with E-state index in [0.717, 1.165) is 22.1 Å². The van der Waals surface area contributed by atoms with Crippen LogP contribution in [0, 0.1) is 21.4 Å². The second-order valence-corrected chi connectivity index (χ2v) is 6.70. The Morgan fingerprint density at radius 2 is 1.58 bits per heavy atom. The second-order valence-electron chi connectivity index (χ2n) is 6.70. The number of hydrogen-bond donors (Lipinski definition) is 2. The van der Waals surface area contributed by atoms with Crippen molar-refractivity contribution in [2.75, 3.05) is 11.1 Å². The molecule has 0 radical (unpaired) electrons. The van der Waals surface area contributed by atoms with Crippen molar-refractivity contribution < 1.29 is 4.92 Å². The normalized spacial score (nSPS) is 10.8. The monoisotopic (exact) mass is 408 g/mol. The highest BCUT2D eigenvalue weighted by Crippen LogP contribution is 2.35. The molecule has 150 valence electrons. The minimum Gasteiger partial charge on any atom is -0.399 e. The van der Waals surface area contributed by atoms with Crippen molar-refractivity contribution >= 4 is 44.9 Å². The third kappa shape index (κ3) is 4.16. The van der Waals surface area contributed by atoms with Gasteiger partial charge >= 0.3 is 0 Å². The van der Waals surface area contributed by atoms with Crippen LogP contribution >= 0.6 is 0 Å². The highest BCUT2D eigenvalue weighted by Gasteiger charge is 2.11. The van der Waals surface area contributed by atoms with Crippen molar-refractivity contribution in [2.45, 2.75) is 0 Å². The van der Waals surface area contributed by atoms with Crippen molar-refractivity contribution in [3.63, 3.8) is 0 Å². The molecule has 0 saturated heterocycles. The van der Waals surface area contributed by atoms with Gasteiger partial charge in [0.05, 0.1) is 16.2 Å². The number of fused-ring (bicyclic) bond motifs is 1. The summed E-state index contributed by atoms with van der Waals surface area (Å²) in [4.78, 5) is 10.4. The molecular formula is C23H16N6O2. The Labute approximate surface area is 177 Å². The molecule has 0 atom stereocenters. The van der Waals surface area contributed by atoms with E-state index in [1.807, 2.05) is 66.7 Å². The van der Waals surface area contributed by atoms with Gasteiger partial charge in [-0.25, -0.2) is 0 Å². The van der Waals surface area contributed by atoms with Gasteiger partial charge in [-0.1, -0.05) is 24.3 Å². The molecule has 4 aromatic carbocycles. The van der Waals surface area contributed by atoms with Gasteiger partial charge in [-0.05, 0) is 42.5 Å². The number of nitrogen functional groups attached to an aromatic ring is 1. The minimum atomic E-state index is -0.554. The molecule has 8 heteroatoms. The van der Waals surface area contributed by atoms with E-state index in [0.29, 0.717) is 11.4 Å². The van der Waals surface area contributed by atoms with Gasteiger partial charge < -0.3 is 11.1 Å². The molecule has 0 saturated carbocycles. The number of hydrogen-bond acceptors (Lipinski definition) is 7. The molecule has 0 aromatic heterocycles. The number of azo groups is 1. The number of nitriles is 1. The lowest BCUT2D eigenvalue weighted by Gasteiger charge is -2.11. The van der Waals surface area contributed by atoms with Crippen LogP contribution in [0.1, 0.15) is 5.56 Å². The lowest BCUT2D eigenvalue weighted by molar-refractivity contribution is -0.384. The quantitative estimate of drug-likeness (QED) is 0.172. The summed E-state index contributed by atoms with van der Waals surface area (Å²) in [5.41, 5.74) is 9.03. The first-order valence-electron chi connectivity index (χ1n) is 9.30. The van der Waals surface area contributed by atoms with E-state index in [9.17, 15) is 15.4 Å². The standard InChI is InChI=1S/C23H16N6O2/c24-14-15-13-18(29(30)31)9-10-21(15)27-28-23-12-11-22(19-3-1-2-4-20(19)23)26-17-7-5-16(25)6-8-17/h1-13,26H,25H2. The average molecular weight is 408 g/mol. The zero-order chi connectivity index (χ0) is 21.8. The van der Waals surface area contributed by atoms with E-state index < -0.39 is 4.92 Å². The van der Waals surface area contributed by atoms with Crippen LogP contribution in [0.4, 0.5) is 34.1 Å². The van der Waals surface area contributed by atoms with Crippen LogP contribution in [0.3, 0.4) is 0 Å². The zero-order valence-corrected chi connectivity index (χ0v) is 16.2. The summed E-state index contributed by atoms with van der Waals surface area (Å²) in [7, 11) is 0. The molecule has 31 heavy (non-hydrogen) atoms. The van der Waals surface area contributed by atoms with Gasteiger partial charge in [0.25, 0.3) is 5.69 Å². The van der Waals surface area contributed by atoms with E-state index in [4.69, 9.17) is 5.73 Å². The van der Waals surface area contributed by atoms with Crippen molar-refractivity contribution in [2.24, 2.45) is 10.2 Å². The predicted octanol–water partition coefficient (Wildman–Crippen LogP) is 6.36. The maximum atomic E-state index is 10.9. The summed E-state index contributed by atoms with van der Waals surface area (Å²) in [5.74, 6) is 0. The highest BCUT2D eigenvalue weighted by molar-refractivity contribution is 6.01. The topological polar surface area (TPSA) is 130 Å². The lowest BCUT2D eigenvalue weighted by atomic mass is 10.1. The summed E-state index contributed by atoms with van der Waals surface area (Å²) in [5, 5.41) is 33.9. The minimum absolute atomic E-state index is 0.0869. The number of nitrogens with one attached hydrogen (secondary N) is 1. The molecule has 4 rings (SSSR count). The van der Waals surface area contributed by atoms with Gasteiger partial charge in [-0.2, -0.15) is 5.26 Å². The molecule has 0 aliphatic heterocycles. The molecule has 0 unspecified atom stereocenters. The SMILES string of the molecule is N#Cc1cc([N+](=O)[O-])ccc1N=Nc1ccc(Nc2ccc(N)cc2)c2ccccc12. The Morgan fingerprint density at radius 3 is 2.29 bits per heavy atom. The fraction of sp³-hybridized carbons (Fsp3) is 0. The van der Waals surface area contributed by atoms with Crippen molar-refractivity contribution in [1.29, 1.82) is 5.26 Å². The first kappa shape index (κ1) is 19.5. The maximum Gasteiger partial charge on any atom is 0.270 e. The predicted molar refractivity (Wildman–Crippen MR) is 120 cm³/mol. The number of nitrogens with zero attached hydrogens (tertiary/aromatic N) is 4. The number of nitrogens with two attached hydrogens (primary N) is 1. The fourth-order valence-electron chi connectivity index (χ4n) is 3.12. The van der Waals surface area contributed by atoms with Crippen molar-refractivity contribution in [3.05, 3.63) is 94.5 Å². The van der Waals surface area contributed by atoms with Gasteiger partial charge in [-0.15, -0.1) is 10.2 Å². The average Bonchev–Trinajstić information content (AvgIpc) is 2.79. The summed E-state index contributed by atoms with van der Waals surface area (Å²) in [6.45, 7) is 0. The third-order valence-corrected chi connectivity index (χ3v) is 4.67. The zero-order valence-electron chi connectivity index (χ0n) is 16.2. The van der Waals surface area contributed by atoms with E-state index in [1.165, 1.54) is 18.2 Å². The number of rotatable bonds is 5. The molecule has 0 bridgehead atoms. The molecule has 0 fully saturated rings. The summed E-state index contributed by atoms with van der Waals surface area (Å²) in [6, 6.07) is 24.7. The van der Waals surface area contributed by atoms with Gasteiger partial charge in [0, 0.05) is 40.0 Å². The van der Waals surface area contributed by atoms with Gasteiger partial charge in [-0.3, -0.25) is 10.1 Å². The number of nitro groups is 1. The van der Waals surface area contributed by atoms with E-state index >= 15 is 0 Å². The second kappa shape index (κ2) is 8.31. The first-order chi connectivity index (χ1) is 15.0. The Kier molecular flexibility index (Phi) is 5.24. The maximum absolute atomic E-state index is 10.9. The number of benzene rings is 4. The van der Waals surface area contributed by atoms with Crippen LogP contribution in [-0.2, 0) is 0 Å². The summed E-state index contributed by atoms with van der Waals surface area (Å²) in [6.07, 6.45) is 0. The van der Waals surface area contributed by atoms with Crippen LogP contribution in [-0.4, -0.2) is 4.92 Å². The Balaban J connectivity index is 1.70. The summed E-state index contributed by atoms with van der Waals surface area (Å²) >= 11 is 0. The summed E-state index contributed by atoms with van der Waals surface area (Å²) < 4.78 is 0. The molecule has 4 aromatic rings. The number of nitro benzene ring substituents is 1. The van der Waals surface area contributed by atoms with E-state index in [2.05, 4.69) is 15.5 Å². The molecular weight excluding hydrogens is 392 g/mol. The van der Waals surface area contributed by atoms with E-state index in [-0.39, 0.29) is 16.9 Å². The molecule has 0 spiro atoms. The number of non-ortho nitro benzene ring substituents is 1. The first-order valence-corrected chi connectivity index (χ1v) is 9.30. The molecule has 8 nitrogen and oxygen atoms in total. The smallest absolute Gasteiger partial charge is 0.270 e.